The molecule has 1 aromatic heterocycles. The van der Waals surface area contributed by atoms with Gasteiger partial charge in [-0.2, -0.15) is 0 Å². The molecule has 0 aliphatic carbocycles. The van der Waals surface area contributed by atoms with Crippen molar-refractivity contribution in [2.24, 2.45) is 0 Å². The van der Waals surface area contributed by atoms with E-state index >= 15 is 0 Å². The van der Waals surface area contributed by atoms with Gasteiger partial charge in [0, 0.05) is 16.7 Å². The Morgan fingerprint density at radius 3 is 1.45 bits per heavy atom. The predicted molar refractivity (Wildman–Crippen MR) is 237 cm³/mol. The second kappa shape index (κ2) is 13.2. The van der Waals surface area contributed by atoms with E-state index in [1.165, 1.54) is 70.7 Å². The lowest BCUT2D eigenvalue weighted by Gasteiger charge is -2.21. The Bertz CT molecular complexity index is 3290. The lowest BCUT2D eigenvalue weighted by molar-refractivity contribution is 1.19. The number of aromatic nitrogens is 2. The zero-order chi connectivity index (χ0) is 37.0. The van der Waals surface area contributed by atoms with Crippen molar-refractivity contribution in [1.29, 1.82) is 0 Å². The topological polar surface area (TPSA) is 25.8 Å². The summed E-state index contributed by atoms with van der Waals surface area (Å²) < 4.78 is 0. The second-order valence-corrected chi connectivity index (χ2v) is 14.4. The van der Waals surface area contributed by atoms with Crippen LogP contribution in [-0.4, -0.2) is 9.97 Å². The average molecular weight is 711 g/mol. The molecule has 56 heavy (non-hydrogen) atoms. The molecule has 11 rings (SSSR count). The van der Waals surface area contributed by atoms with E-state index in [0.29, 0.717) is 5.82 Å². The lowest BCUT2D eigenvalue weighted by atomic mass is 9.82. The SMILES string of the molecule is c1ccc(-c2nc(-c3cccc4ccccc34)cc(-c3ccc(-c4c5ccccc5c(-c5ccccc5)c5c4ccc4ccccc45)c4ccccc34)n2)cc1. The van der Waals surface area contributed by atoms with Gasteiger partial charge in [-0.15, -0.1) is 0 Å². The molecule has 11 aromatic rings. The summed E-state index contributed by atoms with van der Waals surface area (Å²) >= 11 is 0. The molecule has 0 aliphatic heterocycles. The van der Waals surface area contributed by atoms with E-state index in [2.05, 4.69) is 188 Å². The molecule has 1 heterocycles. The summed E-state index contributed by atoms with van der Waals surface area (Å²) in [7, 11) is 0. The van der Waals surface area contributed by atoms with Crippen LogP contribution >= 0.6 is 0 Å². The van der Waals surface area contributed by atoms with Gasteiger partial charge in [0.05, 0.1) is 11.4 Å². The van der Waals surface area contributed by atoms with Crippen LogP contribution in [0.3, 0.4) is 0 Å². The van der Waals surface area contributed by atoms with Gasteiger partial charge in [-0.05, 0) is 82.2 Å². The first-order valence-corrected chi connectivity index (χ1v) is 19.2. The summed E-state index contributed by atoms with van der Waals surface area (Å²) in [6.45, 7) is 0. The Balaban J connectivity index is 1.21. The Labute approximate surface area is 325 Å². The van der Waals surface area contributed by atoms with Crippen molar-refractivity contribution in [2.75, 3.05) is 0 Å². The molecule has 0 fully saturated rings. The van der Waals surface area contributed by atoms with Gasteiger partial charge in [-0.3, -0.25) is 0 Å². The molecule has 0 atom stereocenters. The minimum Gasteiger partial charge on any atom is -0.228 e. The van der Waals surface area contributed by atoms with Crippen LogP contribution in [0.2, 0.25) is 0 Å². The standard InChI is InChI=1S/C54H34N2/c1-3-18-37(19-4-1)51-45-27-13-14-28-46(45)52(48-31-30-36-17-8-10-24-40(36)53(48)51)47-33-32-44(41-25-11-12-26-42(41)47)50-34-49(55-54(56-50)38-20-5-2-6-21-38)43-29-15-22-35-16-7-9-23-39(35)43/h1-34H. The van der Waals surface area contributed by atoms with Gasteiger partial charge >= 0.3 is 0 Å². The number of rotatable bonds is 5. The van der Waals surface area contributed by atoms with E-state index in [0.717, 1.165) is 33.5 Å². The maximum absolute atomic E-state index is 5.30. The van der Waals surface area contributed by atoms with Crippen LogP contribution < -0.4 is 0 Å². The highest BCUT2D eigenvalue weighted by Gasteiger charge is 2.21. The fourth-order valence-electron chi connectivity index (χ4n) is 8.77. The maximum atomic E-state index is 5.30. The molecule has 0 spiro atoms. The van der Waals surface area contributed by atoms with Gasteiger partial charge in [-0.1, -0.05) is 200 Å². The highest BCUT2D eigenvalue weighted by atomic mass is 14.9. The first-order chi connectivity index (χ1) is 27.8. The van der Waals surface area contributed by atoms with E-state index in [-0.39, 0.29) is 0 Å². The minimum absolute atomic E-state index is 0.708. The van der Waals surface area contributed by atoms with Crippen LogP contribution in [0.4, 0.5) is 0 Å². The summed E-state index contributed by atoms with van der Waals surface area (Å²) in [6.07, 6.45) is 0. The number of fused-ring (bicyclic) bond motifs is 6. The lowest BCUT2D eigenvalue weighted by Crippen LogP contribution is -1.97. The molecular formula is C54H34N2. The highest BCUT2D eigenvalue weighted by Crippen LogP contribution is 2.48. The number of hydrogen-bond donors (Lipinski definition) is 0. The molecule has 0 saturated carbocycles. The third-order valence-corrected chi connectivity index (χ3v) is 11.3. The van der Waals surface area contributed by atoms with Crippen LogP contribution in [0.5, 0.6) is 0 Å². The molecule has 0 aliphatic rings. The van der Waals surface area contributed by atoms with Gasteiger partial charge in [0.25, 0.3) is 0 Å². The molecular weight excluding hydrogens is 677 g/mol. The molecule has 0 bridgehead atoms. The Kier molecular flexibility index (Phi) is 7.53. The van der Waals surface area contributed by atoms with Crippen LogP contribution in [0.15, 0.2) is 206 Å². The Morgan fingerprint density at radius 2 is 0.750 bits per heavy atom. The smallest absolute Gasteiger partial charge is 0.160 e. The summed E-state index contributed by atoms with van der Waals surface area (Å²) in [5.74, 6) is 0.708. The second-order valence-electron chi connectivity index (χ2n) is 14.4. The molecule has 2 nitrogen and oxygen atoms in total. The average Bonchev–Trinajstić information content (AvgIpc) is 3.28. The van der Waals surface area contributed by atoms with Crippen molar-refractivity contribution in [2.45, 2.75) is 0 Å². The van der Waals surface area contributed by atoms with Gasteiger partial charge in [0.1, 0.15) is 0 Å². The zero-order valence-electron chi connectivity index (χ0n) is 30.5. The monoisotopic (exact) mass is 710 g/mol. The predicted octanol–water partition coefficient (Wildman–Crippen LogP) is 14.6. The molecule has 0 saturated heterocycles. The van der Waals surface area contributed by atoms with Gasteiger partial charge in [-0.25, -0.2) is 9.97 Å². The summed E-state index contributed by atoms with van der Waals surface area (Å²) in [5, 5.41) is 12.2. The maximum Gasteiger partial charge on any atom is 0.160 e. The van der Waals surface area contributed by atoms with Crippen molar-refractivity contribution in [1.82, 2.24) is 9.97 Å². The number of hydrogen-bond acceptors (Lipinski definition) is 2. The Morgan fingerprint density at radius 1 is 0.268 bits per heavy atom. The minimum atomic E-state index is 0.708. The summed E-state index contributed by atoms with van der Waals surface area (Å²) in [6, 6.07) is 74.1. The Hall–Kier alpha value is -7.42. The third kappa shape index (κ3) is 5.19. The normalized spacial score (nSPS) is 11.6. The van der Waals surface area contributed by atoms with Gasteiger partial charge in [0.2, 0.25) is 0 Å². The fourth-order valence-corrected chi connectivity index (χ4v) is 8.77. The highest BCUT2D eigenvalue weighted by molar-refractivity contribution is 6.29. The van der Waals surface area contributed by atoms with E-state index in [1.54, 1.807) is 0 Å². The van der Waals surface area contributed by atoms with E-state index in [9.17, 15) is 0 Å². The summed E-state index contributed by atoms with van der Waals surface area (Å²) in [5.41, 5.74) is 9.88. The molecule has 260 valence electrons. The van der Waals surface area contributed by atoms with Crippen molar-refractivity contribution in [3.8, 4) is 56.2 Å². The molecule has 0 radical (unpaired) electrons. The van der Waals surface area contributed by atoms with Gasteiger partial charge in [0.15, 0.2) is 5.82 Å². The fraction of sp³-hybridized carbons (Fsp3) is 0. The van der Waals surface area contributed by atoms with Crippen LogP contribution in [0.1, 0.15) is 0 Å². The molecule has 0 amide bonds. The van der Waals surface area contributed by atoms with Crippen LogP contribution in [0.25, 0.3) is 110 Å². The third-order valence-electron chi connectivity index (χ3n) is 11.3. The van der Waals surface area contributed by atoms with E-state index in [1.807, 2.05) is 18.2 Å². The largest absolute Gasteiger partial charge is 0.228 e. The molecule has 2 heteroatoms. The zero-order valence-corrected chi connectivity index (χ0v) is 30.5. The number of nitrogens with zero attached hydrogens (tertiary/aromatic N) is 2. The van der Waals surface area contributed by atoms with Crippen molar-refractivity contribution >= 4 is 53.9 Å². The van der Waals surface area contributed by atoms with Gasteiger partial charge < -0.3 is 0 Å². The molecule has 10 aromatic carbocycles. The van der Waals surface area contributed by atoms with Crippen molar-refractivity contribution in [3.05, 3.63) is 206 Å². The molecule has 0 N–H and O–H groups in total. The van der Waals surface area contributed by atoms with E-state index in [4.69, 9.17) is 9.97 Å². The van der Waals surface area contributed by atoms with Crippen molar-refractivity contribution in [3.63, 3.8) is 0 Å². The number of benzene rings is 10. The van der Waals surface area contributed by atoms with Crippen molar-refractivity contribution < 1.29 is 0 Å². The first kappa shape index (κ1) is 32.0. The van der Waals surface area contributed by atoms with Crippen LogP contribution in [0, 0.1) is 0 Å². The summed E-state index contributed by atoms with van der Waals surface area (Å²) in [4.78, 5) is 10.5. The molecule has 0 unspecified atom stereocenters. The van der Waals surface area contributed by atoms with Crippen LogP contribution in [-0.2, 0) is 0 Å². The van der Waals surface area contributed by atoms with E-state index < -0.39 is 0 Å². The first-order valence-electron chi connectivity index (χ1n) is 19.2. The quantitative estimate of drug-likeness (QED) is 0.131.